The van der Waals surface area contributed by atoms with Crippen molar-refractivity contribution in [2.45, 2.75) is 30.8 Å². The van der Waals surface area contributed by atoms with Crippen LogP contribution in [-0.4, -0.2) is 63.6 Å². The number of morpholine rings is 1. The van der Waals surface area contributed by atoms with E-state index in [1.54, 1.807) is 6.07 Å². The molecule has 3 rings (SSSR count). The molecular formula is C18H21F2N5O3S2. The van der Waals surface area contributed by atoms with Crippen LogP contribution in [0.3, 0.4) is 0 Å². The van der Waals surface area contributed by atoms with Crippen LogP contribution in [0.2, 0.25) is 0 Å². The van der Waals surface area contributed by atoms with Crippen molar-refractivity contribution in [3.8, 4) is 0 Å². The Bertz CT molecular complexity index is 914. The third-order valence-corrected chi connectivity index (χ3v) is 6.18. The number of carbonyl (C=O) groups is 2. The van der Waals surface area contributed by atoms with Gasteiger partial charge < -0.3 is 10.1 Å². The summed E-state index contributed by atoms with van der Waals surface area (Å²) in [5.41, 5.74) is 0.673. The lowest BCUT2D eigenvalue weighted by Gasteiger charge is -2.34. The van der Waals surface area contributed by atoms with Crippen molar-refractivity contribution in [3.05, 3.63) is 35.4 Å². The molecule has 1 fully saturated rings. The van der Waals surface area contributed by atoms with Gasteiger partial charge in [-0.05, 0) is 17.7 Å². The monoisotopic (exact) mass is 457 g/mol. The van der Waals surface area contributed by atoms with Crippen molar-refractivity contribution in [1.82, 2.24) is 19.4 Å². The van der Waals surface area contributed by atoms with Gasteiger partial charge in [-0.3, -0.25) is 18.8 Å². The van der Waals surface area contributed by atoms with Gasteiger partial charge in [0.1, 0.15) is 0 Å². The first-order chi connectivity index (χ1) is 14.3. The van der Waals surface area contributed by atoms with E-state index in [2.05, 4.69) is 20.4 Å². The molecule has 0 bridgehead atoms. The molecule has 1 aliphatic heterocycles. The third-order valence-electron chi connectivity index (χ3n) is 4.21. The van der Waals surface area contributed by atoms with Crippen LogP contribution in [0.1, 0.15) is 19.4 Å². The van der Waals surface area contributed by atoms with Crippen LogP contribution in [0, 0.1) is 11.6 Å². The van der Waals surface area contributed by atoms with E-state index in [4.69, 9.17) is 4.74 Å². The van der Waals surface area contributed by atoms with Crippen LogP contribution in [0.15, 0.2) is 22.5 Å². The molecule has 8 nitrogen and oxygen atoms in total. The molecule has 1 aromatic carbocycles. The molecule has 162 valence electrons. The SMILES string of the molecule is CC(=O)Nc1nnc(SN(C[C@@H]2CN(Cc3ccc(F)c(F)c3)CCO2)C(C)=O)s1. The molecule has 30 heavy (non-hydrogen) atoms. The minimum Gasteiger partial charge on any atom is -0.374 e. The number of carbonyl (C=O) groups excluding carboxylic acids is 2. The highest BCUT2D eigenvalue weighted by Gasteiger charge is 2.25. The zero-order valence-corrected chi connectivity index (χ0v) is 18.1. The number of hydrogen-bond acceptors (Lipinski definition) is 8. The molecule has 0 unspecified atom stereocenters. The summed E-state index contributed by atoms with van der Waals surface area (Å²) in [7, 11) is 0. The Morgan fingerprint density at radius 3 is 2.83 bits per heavy atom. The summed E-state index contributed by atoms with van der Waals surface area (Å²) in [6, 6.07) is 3.87. The second-order valence-corrected chi connectivity index (χ2v) is 8.95. The van der Waals surface area contributed by atoms with Crippen molar-refractivity contribution in [2.24, 2.45) is 0 Å². The summed E-state index contributed by atoms with van der Waals surface area (Å²) in [5.74, 6) is -2.15. The maximum Gasteiger partial charge on any atom is 0.229 e. The van der Waals surface area contributed by atoms with Crippen LogP contribution in [0.25, 0.3) is 0 Å². The van der Waals surface area contributed by atoms with E-state index in [0.717, 1.165) is 18.0 Å². The van der Waals surface area contributed by atoms with Crippen LogP contribution in [-0.2, 0) is 20.9 Å². The van der Waals surface area contributed by atoms with Crippen molar-refractivity contribution in [1.29, 1.82) is 0 Å². The van der Waals surface area contributed by atoms with E-state index in [1.807, 2.05) is 0 Å². The summed E-state index contributed by atoms with van der Waals surface area (Å²) < 4.78 is 34.4. The quantitative estimate of drug-likeness (QED) is 0.505. The second kappa shape index (κ2) is 10.2. The molecule has 1 aromatic heterocycles. The van der Waals surface area contributed by atoms with Gasteiger partial charge in [0.15, 0.2) is 16.0 Å². The van der Waals surface area contributed by atoms with Crippen LogP contribution in [0.5, 0.6) is 0 Å². The highest BCUT2D eigenvalue weighted by molar-refractivity contribution is 7.99. The first-order valence-electron chi connectivity index (χ1n) is 9.15. The maximum absolute atomic E-state index is 13.5. The van der Waals surface area contributed by atoms with Crippen molar-refractivity contribution in [3.63, 3.8) is 0 Å². The van der Waals surface area contributed by atoms with E-state index >= 15 is 0 Å². The fraction of sp³-hybridized carbons (Fsp3) is 0.444. The average molecular weight is 458 g/mol. The molecular weight excluding hydrogens is 436 g/mol. The minimum absolute atomic E-state index is 0.169. The fourth-order valence-electron chi connectivity index (χ4n) is 2.89. The van der Waals surface area contributed by atoms with Gasteiger partial charge in [0.2, 0.25) is 16.9 Å². The van der Waals surface area contributed by atoms with Crippen molar-refractivity contribution >= 4 is 40.2 Å². The molecule has 2 heterocycles. The van der Waals surface area contributed by atoms with E-state index < -0.39 is 11.6 Å². The topological polar surface area (TPSA) is 87.7 Å². The summed E-state index contributed by atoms with van der Waals surface area (Å²) in [6.45, 7) is 5.27. The van der Waals surface area contributed by atoms with E-state index in [9.17, 15) is 18.4 Å². The zero-order chi connectivity index (χ0) is 21.7. The number of halogens is 2. The van der Waals surface area contributed by atoms with Crippen LogP contribution < -0.4 is 5.32 Å². The predicted octanol–water partition coefficient (Wildman–Crippen LogP) is 2.53. The summed E-state index contributed by atoms with van der Waals surface area (Å²) >= 11 is 2.31. The second-order valence-electron chi connectivity index (χ2n) is 6.70. The highest BCUT2D eigenvalue weighted by Crippen LogP contribution is 2.29. The Kier molecular flexibility index (Phi) is 7.69. The summed E-state index contributed by atoms with van der Waals surface area (Å²) in [6.07, 6.45) is -0.247. The lowest BCUT2D eigenvalue weighted by Crippen LogP contribution is -2.46. The van der Waals surface area contributed by atoms with Gasteiger partial charge in [-0.25, -0.2) is 8.78 Å². The summed E-state index contributed by atoms with van der Waals surface area (Å²) in [5, 5.41) is 10.8. The van der Waals surface area contributed by atoms with Gasteiger partial charge in [-0.2, -0.15) is 0 Å². The lowest BCUT2D eigenvalue weighted by molar-refractivity contribution is -0.126. The number of ether oxygens (including phenoxy) is 1. The smallest absolute Gasteiger partial charge is 0.229 e. The molecule has 12 heteroatoms. The molecule has 0 radical (unpaired) electrons. The number of rotatable bonds is 7. The Morgan fingerprint density at radius 1 is 1.33 bits per heavy atom. The fourth-order valence-corrected chi connectivity index (χ4v) is 4.70. The largest absolute Gasteiger partial charge is 0.374 e. The first kappa shape index (κ1) is 22.5. The van der Waals surface area contributed by atoms with Crippen LogP contribution in [0.4, 0.5) is 13.9 Å². The highest BCUT2D eigenvalue weighted by atomic mass is 32.2. The molecule has 1 N–H and O–H groups in total. The summed E-state index contributed by atoms with van der Waals surface area (Å²) in [4.78, 5) is 25.3. The minimum atomic E-state index is -0.869. The molecule has 2 aromatic rings. The maximum atomic E-state index is 13.5. The number of amides is 2. The molecule has 1 aliphatic rings. The molecule has 1 saturated heterocycles. The number of hydrogen-bond donors (Lipinski definition) is 1. The Hall–Kier alpha value is -2.15. The Labute approximate surface area is 180 Å². The van der Waals surface area contributed by atoms with Gasteiger partial charge in [0.05, 0.1) is 19.3 Å². The lowest BCUT2D eigenvalue weighted by atomic mass is 10.1. The van der Waals surface area contributed by atoms with E-state index in [0.29, 0.717) is 47.8 Å². The predicted molar refractivity (Wildman–Crippen MR) is 109 cm³/mol. The normalized spacial score (nSPS) is 17.0. The van der Waals surface area contributed by atoms with Gasteiger partial charge in [0.25, 0.3) is 0 Å². The Morgan fingerprint density at radius 2 is 2.13 bits per heavy atom. The first-order valence-corrected chi connectivity index (χ1v) is 10.7. The number of anilines is 1. The standard InChI is InChI=1S/C18H21F2N5O3S2/c1-11(26)21-17-22-23-18(29-17)30-25(12(2)27)10-14-9-24(5-6-28-14)8-13-3-4-15(19)16(20)7-13/h3-4,7,14H,5-6,8-10H2,1-2H3,(H,21,22,26)/t14-/m0/s1. The molecule has 1 atom stereocenters. The van der Waals surface area contributed by atoms with Gasteiger partial charge in [0, 0.05) is 45.4 Å². The van der Waals surface area contributed by atoms with Gasteiger partial charge in [-0.1, -0.05) is 17.4 Å². The van der Waals surface area contributed by atoms with E-state index in [1.165, 1.54) is 35.6 Å². The molecule has 0 saturated carbocycles. The van der Waals surface area contributed by atoms with Crippen LogP contribution >= 0.6 is 23.3 Å². The Balaban J connectivity index is 1.58. The number of nitrogens with zero attached hydrogens (tertiary/aromatic N) is 4. The molecule has 0 spiro atoms. The van der Waals surface area contributed by atoms with Gasteiger partial charge >= 0.3 is 0 Å². The zero-order valence-electron chi connectivity index (χ0n) is 16.4. The number of nitrogens with one attached hydrogen (secondary N) is 1. The molecule has 2 amide bonds. The van der Waals surface area contributed by atoms with Gasteiger partial charge in [-0.15, -0.1) is 10.2 Å². The van der Waals surface area contributed by atoms with E-state index in [-0.39, 0.29) is 17.9 Å². The van der Waals surface area contributed by atoms with Crippen molar-refractivity contribution < 1.29 is 23.1 Å². The van der Waals surface area contributed by atoms with Crippen molar-refractivity contribution in [2.75, 3.05) is 31.6 Å². The number of aromatic nitrogens is 2. The third kappa shape index (κ3) is 6.42. The number of benzene rings is 1. The molecule has 0 aliphatic carbocycles. The average Bonchev–Trinajstić information content (AvgIpc) is 3.10.